The van der Waals surface area contributed by atoms with Gasteiger partial charge in [-0.05, 0) is 13.0 Å². The van der Waals surface area contributed by atoms with Gasteiger partial charge in [-0.3, -0.25) is 0 Å². The molecule has 0 saturated heterocycles. The number of hydrogen-bond donors (Lipinski definition) is 1. The van der Waals surface area contributed by atoms with Crippen molar-refractivity contribution >= 4 is 50.4 Å². The van der Waals surface area contributed by atoms with Crippen molar-refractivity contribution in [1.29, 1.82) is 0 Å². The lowest BCUT2D eigenvalue weighted by molar-refractivity contribution is 0.598. The molecule has 0 fully saturated rings. The zero-order valence-corrected chi connectivity index (χ0v) is 10.1. The van der Waals surface area contributed by atoms with Gasteiger partial charge in [-0.2, -0.15) is 8.42 Å². The molecule has 2 N–H and O–H groups in total. The molecule has 0 aliphatic carbocycles. The van der Waals surface area contributed by atoms with Crippen molar-refractivity contribution < 1.29 is 8.42 Å². The Morgan fingerprint density at radius 3 is 2.50 bits per heavy atom. The van der Waals surface area contributed by atoms with Crippen LogP contribution < -0.4 is 5.73 Å². The summed E-state index contributed by atoms with van der Waals surface area (Å²) in [5.41, 5.74) is 5.17. The second-order valence-corrected chi connectivity index (χ2v) is 6.25. The van der Waals surface area contributed by atoms with Crippen LogP contribution in [-0.2, 0) is 10.0 Å². The van der Waals surface area contributed by atoms with E-state index in [2.05, 4.69) is 4.40 Å². The van der Waals surface area contributed by atoms with Crippen LogP contribution in [0, 0.1) is 0 Å². The zero-order valence-electron chi connectivity index (χ0n) is 6.99. The lowest BCUT2D eigenvalue weighted by Crippen LogP contribution is -2.09. The molecule has 78 valence electrons. The first-order valence-electron chi connectivity index (χ1n) is 3.35. The molecule has 0 saturated carbocycles. The largest absolute Gasteiger partial charge is 0.387 e. The molecule has 0 unspecified atom stereocenters. The van der Waals surface area contributed by atoms with E-state index in [-0.39, 0.29) is 15.1 Å². The number of hydrogen-bond acceptors (Lipinski definition) is 3. The molecule has 1 aromatic heterocycles. The fourth-order valence-corrected chi connectivity index (χ4v) is 3.83. The van der Waals surface area contributed by atoms with Crippen molar-refractivity contribution in [3.05, 3.63) is 14.7 Å². The quantitative estimate of drug-likeness (QED) is 0.662. The molecule has 0 radical (unpaired) electrons. The number of nitrogens with zero attached hydrogens (tertiary/aromatic N) is 1. The van der Waals surface area contributed by atoms with E-state index in [1.807, 2.05) is 0 Å². The number of rotatable bonds is 2. The van der Waals surface area contributed by atoms with Gasteiger partial charge >= 0.3 is 0 Å². The minimum atomic E-state index is -3.81. The molecule has 1 aromatic rings. The first-order chi connectivity index (χ1) is 6.33. The second kappa shape index (κ2) is 4.06. The lowest BCUT2D eigenvalue weighted by Gasteiger charge is -1.95. The Morgan fingerprint density at radius 2 is 2.14 bits per heavy atom. The Bertz CT molecular complexity index is 474. The van der Waals surface area contributed by atoms with Crippen LogP contribution in [0.3, 0.4) is 0 Å². The predicted octanol–water partition coefficient (Wildman–Crippen LogP) is 2.12. The van der Waals surface area contributed by atoms with Gasteiger partial charge in [0.1, 0.15) is 15.1 Å². The minimum Gasteiger partial charge on any atom is -0.387 e. The first kappa shape index (κ1) is 11.8. The average Bonchev–Trinajstić information content (AvgIpc) is 2.27. The molecule has 0 aromatic carbocycles. The Hall–Kier alpha value is -0.300. The van der Waals surface area contributed by atoms with Crippen molar-refractivity contribution in [1.82, 2.24) is 0 Å². The summed E-state index contributed by atoms with van der Waals surface area (Å²) >= 11 is 12.2. The highest BCUT2D eigenvalue weighted by molar-refractivity contribution is 7.90. The van der Waals surface area contributed by atoms with Gasteiger partial charge in [0.2, 0.25) is 0 Å². The van der Waals surface area contributed by atoms with Crippen LogP contribution in [-0.4, -0.2) is 14.3 Å². The van der Waals surface area contributed by atoms with Gasteiger partial charge in [0, 0.05) is 0 Å². The third-order valence-electron chi connectivity index (χ3n) is 1.17. The Morgan fingerprint density at radius 1 is 1.57 bits per heavy atom. The molecule has 14 heavy (non-hydrogen) atoms. The molecule has 0 amide bonds. The Labute approximate surface area is 95.4 Å². The van der Waals surface area contributed by atoms with Crippen LogP contribution in [0.1, 0.15) is 6.92 Å². The van der Waals surface area contributed by atoms with Gasteiger partial charge < -0.3 is 5.73 Å². The summed E-state index contributed by atoms with van der Waals surface area (Å²) in [6.45, 7) is 1.37. The van der Waals surface area contributed by atoms with Gasteiger partial charge in [-0.15, -0.1) is 15.7 Å². The molecule has 0 aliphatic heterocycles. The number of sulfonamides is 1. The van der Waals surface area contributed by atoms with Crippen molar-refractivity contribution in [3.63, 3.8) is 0 Å². The van der Waals surface area contributed by atoms with Crippen molar-refractivity contribution in [3.8, 4) is 0 Å². The van der Waals surface area contributed by atoms with Crippen LogP contribution in [0.2, 0.25) is 8.67 Å². The van der Waals surface area contributed by atoms with Crippen LogP contribution in [0.4, 0.5) is 0 Å². The van der Waals surface area contributed by atoms with Crippen molar-refractivity contribution in [2.75, 3.05) is 0 Å². The number of amidine groups is 1. The van der Waals surface area contributed by atoms with E-state index in [4.69, 9.17) is 28.9 Å². The highest BCUT2D eigenvalue weighted by Gasteiger charge is 2.20. The molecule has 1 rings (SSSR count). The van der Waals surface area contributed by atoms with Gasteiger partial charge in [-0.1, -0.05) is 23.2 Å². The smallest absolute Gasteiger partial charge is 0.286 e. The lowest BCUT2D eigenvalue weighted by atomic mass is 10.7. The van der Waals surface area contributed by atoms with E-state index in [1.54, 1.807) is 0 Å². The number of halogens is 2. The van der Waals surface area contributed by atoms with Crippen LogP contribution in [0.15, 0.2) is 15.4 Å². The summed E-state index contributed by atoms with van der Waals surface area (Å²) in [7, 11) is -3.81. The van der Waals surface area contributed by atoms with E-state index in [1.165, 1.54) is 13.0 Å². The van der Waals surface area contributed by atoms with Crippen molar-refractivity contribution in [2.24, 2.45) is 10.1 Å². The molecule has 1 heterocycles. The fourth-order valence-electron chi connectivity index (χ4n) is 0.740. The molecular formula is C6H6Cl2N2O2S2. The molecule has 0 aliphatic rings. The summed E-state index contributed by atoms with van der Waals surface area (Å²) in [6, 6.07) is 1.25. The first-order valence-corrected chi connectivity index (χ1v) is 6.36. The van der Waals surface area contributed by atoms with E-state index >= 15 is 0 Å². The molecule has 8 heteroatoms. The second-order valence-electron chi connectivity index (χ2n) is 2.40. The monoisotopic (exact) mass is 272 g/mol. The van der Waals surface area contributed by atoms with Crippen LogP contribution >= 0.6 is 34.5 Å². The summed E-state index contributed by atoms with van der Waals surface area (Å²) in [4.78, 5) is -0.112. The SMILES string of the molecule is CC(N)=NS(=O)(=O)c1cc(Cl)sc1Cl. The summed E-state index contributed by atoms with van der Waals surface area (Å²) in [5, 5.41) is 0. The van der Waals surface area contributed by atoms with E-state index in [9.17, 15) is 8.42 Å². The fraction of sp³-hybridized carbons (Fsp3) is 0.167. The maximum atomic E-state index is 11.5. The third-order valence-corrected chi connectivity index (χ3v) is 4.30. The predicted molar refractivity (Wildman–Crippen MR) is 58.8 cm³/mol. The topological polar surface area (TPSA) is 72.5 Å². The highest BCUT2D eigenvalue weighted by Crippen LogP contribution is 2.34. The highest BCUT2D eigenvalue weighted by atomic mass is 35.5. The summed E-state index contributed by atoms with van der Waals surface area (Å²) in [6.07, 6.45) is 0. The van der Waals surface area contributed by atoms with Crippen LogP contribution in [0.25, 0.3) is 0 Å². The Kier molecular flexibility index (Phi) is 3.41. The molecule has 0 spiro atoms. The van der Waals surface area contributed by atoms with Crippen LogP contribution in [0.5, 0.6) is 0 Å². The molecule has 4 nitrogen and oxygen atoms in total. The molecule has 0 bridgehead atoms. The molecular weight excluding hydrogens is 267 g/mol. The normalized spacial score (nSPS) is 13.2. The van der Waals surface area contributed by atoms with E-state index in [0.717, 1.165) is 11.3 Å². The van der Waals surface area contributed by atoms with Gasteiger partial charge in [0.15, 0.2) is 0 Å². The maximum absolute atomic E-state index is 11.5. The van der Waals surface area contributed by atoms with Gasteiger partial charge in [0.25, 0.3) is 10.0 Å². The van der Waals surface area contributed by atoms with Gasteiger partial charge in [0.05, 0.1) is 4.34 Å². The van der Waals surface area contributed by atoms with Crippen molar-refractivity contribution in [2.45, 2.75) is 11.8 Å². The van der Waals surface area contributed by atoms with Gasteiger partial charge in [-0.25, -0.2) is 0 Å². The zero-order chi connectivity index (χ0) is 10.9. The maximum Gasteiger partial charge on any atom is 0.286 e. The van der Waals surface area contributed by atoms with E-state index in [0.29, 0.717) is 4.34 Å². The number of nitrogens with two attached hydrogens (primary N) is 1. The standard InChI is InChI=1S/C6H6Cl2N2O2S2/c1-3(9)10-14(11,12)4-2-5(7)13-6(4)8/h2H,1H3,(H2,9,10). The number of thiophene rings is 1. The average molecular weight is 273 g/mol. The minimum absolute atomic E-state index is 0.0524. The summed E-state index contributed by atoms with van der Waals surface area (Å²) in [5.74, 6) is -0.0524. The third kappa shape index (κ3) is 2.60. The molecule has 0 atom stereocenters. The van der Waals surface area contributed by atoms with E-state index < -0.39 is 10.0 Å². The summed E-state index contributed by atoms with van der Waals surface area (Å²) < 4.78 is 26.6. The Balaban J connectivity index is 3.31.